The van der Waals surface area contributed by atoms with Crippen LogP contribution in [-0.4, -0.2) is 11.8 Å². The Morgan fingerprint density at radius 3 is 2.70 bits per heavy atom. The Kier molecular flexibility index (Phi) is 5.46. The molecular formula is C16H17ClFNS. The van der Waals surface area contributed by atoms with Crippen LogP contribution in [0, 0.1) is 12.7 Å². The molecule has 0 aliphatic rings. The highest BCUT2D eigenvalue weighted by molar-refractivity contribution is 7.99. The highest BCUT2D eigenvalue weighted by atomic mass is 35.5. The van der Waals surface area contributed by atoms with Crippen LogP contribution in [-0.2, 0) is 6.42 Å². The molecule has 1 unspecified atom stereocenters. The van der Waals surface area contributed by atoms with Crippen LogP contribution in [0.15, 0.2) is 47.4 Å². The monoisotopic (exact) mass is 309 g/mol. The molecule has 0 radical (unpaired) electrons. The van der Waals surface area contributed by atoms with Gasteiger partial charge in [-0.3, -0.25) is 0 Å². The lowest BCUT2D eigenvalue weighted by Crippen LogP contribution is -2.25. The quantitative estimate of drug-likeness (QED) is 0.826. The molecule has 0 aromatic heterocycles. The van der Waals surface area contributed by atoms with Crippen molar-refractivity contribution in [1.29, 1.82) is 0 Å². The topological polar surface area (TPSA) is 26.0 Å². The van der Waals surface area contributed by atoms with E-state index < -0.39 is 5.82 Å². The number of rotatable bonds is 5. The number of thioether (sulfide) groups is 1. The normalized spacial score (nSPS) is 12.4. The third-order valence-corrected chi connectivity index (χ3v) is 4.68. The van der Waals surface area contributed by atoms with Crippen molar-refractivity contribution in [2.24, 2.45) is 5.73 Å². The summed E-state index contributed by atoms with van der Waals surface area (Å²) in [5.41, 5.74) is 8.36. The number of aryl methyl sites for hydroxylation is 1. The van der Waals surface area contributed by atoms with Gasteiger partial charge in [0.1, 0.15) is 5.82 Å². The second kappa shape index (κ2) is 7.11. The molecule has 0 fully saturated rings. The van der Waals surface area contributed by atoms with Crippen molar-refractivity contribution in [1.82, 2.24) is 0 Å². The van der Waals surface area contributed by atoms with Crippen molar-refractivity contribution in [3.05, 3.63) is 64.4 Å². The Morgan fingerprint density at radius 2 is 2.00 bits per heavy atom. The molecular weight excluding hydrogens is 293 g/mol. The first-order valence-electron chi connectivity index (χ1n) is 6.44. The first-order valence-corrected chi connectivity index (χ1v) is 7.80. The maximum atomic E-state index is 13.1. The molecule has 1 atom stereocenters. The summed E-state index contributed by atoms with van der Waals surface area (Å²) < 4.78 is 13.1. The van der Waals surface area contributed by atoms with Gasteiger partial charge < -0.3 is 5.73 Å². The molecule has 2 aromatic rings. The fourth-order valence-electron chi connectivity index (χ4n) is 1.94. The average Bonchev–Trinajstić information content (AvgIpc) is 2.42. The molecule has 0 saturated carbocycles. The summed E-state index contributed by atoms with van der Waals surface area (Å²) in [5, 5.41) is 0.154. The third kappa shape index (κ3) is 4.23. The average molecular weight is 310 g/mol. The second-order valence-corrected chi connectivity index (χ2v) is 6.26. The van der Waals surface area contributed by atoms with E-state index in [9.17, 15) is 4.39 Å². The number of nitrogens with two attached hydrogens (primary N) is 1. The lowest BCUT2D eigenvalue weighted by molar-refractivity contribution is 0.626. The van der Waals surface area contributed by atoms with Gasteiger partial charge in [0.2, 0.25) is 0 Å². The van der Waals surface area contributed by atoms with Gasteiger partial charge in [-0.2, -0.15) is 0 Å². The highest BCUT2D eigenvalue weighted by Gasteiger charge is 2.08. The van der Waals surface area contributed by atoms with Crippen molar-refractivity contribution in [2.75, 3.05) is 5.75 Å². The minimum absolute atomic E-state index is 0.0149. The summed E-state index contributed by atoms with van der Waals surface area (Å²) in [4.78, 5) is 1.25. The summed E-state index contributed by atoms with van der Waals surface area (Å²) in [7, 11) is 0. The summed E-state index contributed by atoms with van der Waals surface area (Å²) in [6.07, 6.45) is 0.693. The summed E-state index contributed by atoms with van der Waals surface area (Å²) in [6, 6.07) is 13.0. The van der Waals surface area contributed by atoms with E-state index in [0.29, 0.717) is 6.42 Å². The van der Waals surface area contributed by atoms with Gasteiger partial charge in [-0.1, -0.05) is 35.9 Å². The first-order chi connectivity index (χ1) is 9.56. The Morgan fingerprint density at radius 1 is 1.25 bits per heavy atom. The van der Waals surface area contributed by atoms with E-state index in [4.69, 9.17) is 17.3 Å². The molecule has 0 spiro atoms. The fraction of sp³-hybridized carbons (Fsp3) is 0.250. The van der Waals surface area contributed by atoms with Crippen LogP contribution in [0.25, 0.3) is 0 Å². The zero-order chi connectivity index (χ0) is 14.5. The van der Waals surface area contributed by atoms with Crippen LogP contribution in [0.4, 0.5) is 4.39 Å². The van der Waals surface area contributed by atoms with Gasteiger partial charge in [0.15, 0.2) is 0 Å². The lowest BCUT2D eigenvalue weighted by Gasteiger charge is -2.12. The molecule has 4 heteroatoms. The standard InChI is InChI=1S/C16H17ClFNS/c1-11-4-2-3-5-16(11)20-10-13(19)8-12-6-7-15(18)14(17)9-12/h2-7,9,13H,8,10,19H2,1H3. The van der Waals surface area contributed by atoms with Gasteiger partial charge in [-0.25, -0.2) is 4.39 Å². The van der Waals surface area contributed by atoms with Gasteiger partial charge in [-0.05, 0) is 42.7 Å². The lowest BCUT2D eigenvalue weighted by atomic mass is 10.1. The Balaban J connectivity index is 1.91. The first kappa shape index (κ1) is 15.4. The van der Waals surface area contributed by atoms with Crippen molar-refractivity contribution >= 4 is 23.4 Å². The van der Waals surface area contributed by atoms with E-state index in [-0.39, 0.29) is 11.1 Å². The molecule has 0 bridgehead atoms. The van der Waals surface area contributed by atoms with E-state index in [1.165, 1.54) is 16.5 Å². The SMILES string of the molecule is Cc1ccccc1SCC(N)Cc1ccc(F)c(Cl)c1. The van der Waals surface area contributed by atoms with Gasteiger partial charge in [0.25, 0.3) is 0 Å². The van der Waals surface area contributed by atoms with Gasteiger partial charge in [-0.15, -0.1) is 11.8 Å². The molecule has 0 heterocycles. The number of benzene rings is 2. The third-order valence-electron chi connectivity index (χ3n) is 3.03. The molecule has 2 rings (SSSR count). The van der Waals surface area contributed by atoms with Crippen molar-refractivity contribution in [3.63, 3.8) is 0 Å². The van der Waals surface area contributed by atoms with Gasteiger partial charge in [0, 0.05) is 16.7 Å². The summed E-state index contributed by atoms with van der Waals surface area (Å²) >= 11 is 7.52. The molecule has 0 aliphatic heterocycles. The maximum Gasteiger partial charge on any atom is 0.141 e. The van der Waals surface area contributed by atoms with Crippen LogP contribution in [0.3, 0.4) is 0 Å². The van der Waals surface area contributed by atoms with Crippen LogP contribution in [0.2, 0.25) is 5.02 Å². The van der Waals surface area contributed by atoms with Gasteiger partial charge >= 0.3 is 0 Å². The molecule has 0 saturated heterocycles. The smallest absolute Gasteiger partial charge is 0.141 e. The highest BCUT2D eigenvalue weighted by Crippen LogP contribution is 2.23. The fourth-order valence-corrected chi connectivity index (χ4v) is 3.13. The predicted molar refractivity (Wildman–Crippen MR) is 85.0 cm³/mol. The molecule has 106 valence electrons. The minimum atomic E-state index is -0.390. The molecule has 20 heavy (non-hydrogen) atoms. The van der Waals surface area contributed by atoms with Crippen LogP contribution in [0.1, 0.15) is 11.1 Å². The molecule has 2 N–H and O–H groups in total. The van der Waals surface area contributed by atoms with E-state index in [0.717, 1.165) is 11.3 Å². The summed E-state index contributed by atoms with van der Waals surface area (Å²) in [5.74, 6) is 0.429. The Labute approximate surface area is 128 Å². The maximum absolute atomic E-state index is 13.1. The van der Waals surface area contributed by atoms with Crippen molar-refractivity contribution in [2.45, 2.75) is 24.3 Å². The van der Waals surface area contributed by atoms with Crippen LogP contribution >= 0.6 is 23.4 Å². The zero-order valence-corrected chi connectivity index (χ0v) is 12.8. The largest absolute Gasteiger partial charge is 0.327 e. The van der Waals surface area contributed by atoms with E-state index in [2.05, 4.69) is 19.1 Å². The Hall–Kier alpha value is -1.03. The zero-order valence-electron chi connectivity index (χ0n) is 11.3. The van der Waals surface area contributed by atoms with E-state index in [1.54, 1.807) is 23.9 Å². The minimum Gasteiger partial charge on any atom is -0.327 e. The van der Waals surface area contributed by atoms with Crippen molar-refractivity contribution in [3.8, 4) is 0 Å². The molecule has 1 nitrogen and oxygen atoms in total. The van der Waals surface area contributed by atoms with Crippen LogP contribution < -0.4 is 5.73 Å². The second-order valence-electron chi connectivity index (χ2n) is 4.79. The predicted octanol–water partition coefficient (Wildman–Crippen LogP) is 4.45. The van der Waals surface area contributed by atoms with E-state index in [1.807, 2.05) is 12.1 Å². The summed E-state index contributed by atoms with van der Waals surface area (Å²) in [6.45, 7) is 2.09. The van der Waals surface area contributed by atoms with Gasteiger partial charge in [0.05, 0.1) is 5.02 Å². The molecule has 0 amide bonds. The number of halogens is 2. The number of hydrogen-bond donors (Lipinski definition) is 1. The number of hydrogen-bond acceptors (Lipinski definition) is 2. The van der Waals surface area contributed by atoms with E-state index >= 15 is 0 Å². The van der Waals surface area contributed by atoms with Crippen molar-refractivity contribution < 1.29 is 4.39 Å². The molecule has 2 aromatic carbocycles. The Bertz CT molecular complexity index is 588. The van der Waals surface area contributed by atoms with Crippen LogP contribution in [0.5, 0.6) is 0 Å². The molecule has 0 aliphatic carbocycles.